The fourth-order valence-corrected chi connectivity index (χ4v) is 0. The van der Waals surface area contributed by atoms with E-state index < -0.39 is 7.32 Å². The van der Waals surface area contributed by atoms with Gasteiger partial charge in [0.25, 0.3) is 0 Å². The van der Waals surface area contributed by atoms with Crippen LogP contribution >= 0.6 is 0 Å². The van der Waals surface area contributed by atoms with Crippen LogP contribution in [-0.4, -0.2) is 33.1 Å². The molecule has 0 rings (SSSR count). The molecule has 0 amide bonds. The molecular weight excluding hydrogens is 104 g/mol. The van der Waals surface area contributed by atoms with Crippen molar-refractivity contribution in [2.24, 2.45) is 0 Å². The molecule has 0 bridgehead atoms. The number of rotatable bonds is 0. The predicted molar refractivity (Wildman–Crippen MR) is 19.2 cm³/mol. The third-order valence-electron chi connectivity index (χ3n) is 0. The van der Waals surface area contributed by atoms with E-state index in [0.29, 0.717) is 19.8 Å². The van der Waals surface area contributed by atoms with Gasteiger partial charge in [0.05, 0.1) is 0 Å². The summed E-state index contributed by atoms with van der Waals surface area (Å²) in [6.45, 7) is 0. The van der Waals surface area contributed by atoms with E-state index in [1.807, 2.05) is 0 Å². The first-order valence-corrected chi connectivity index (χ1v) is 4.19. The fourth-order valence-electron chi connectivity index (χ4n) is 0. The summed E-state index contributed by atoms with van der Waals surface area (Å²) in [4.78, 5) is 0. The molecule has 0 aliphatic rings. The zero-order chi connectivity index (χ0) is 4.50. The number of hydrogen-bond donors (Lipinski definition) is 2. The Kier molecular flexibility index (Phi) is 1.78. The first-order chi connectivity index (χ1) is 2.00. The van der Waals surface area contributed by atoms with Crippen LogP contribution in [0.4, 0.5) is 0 Å². The van der Waals surface area contributed by atoms with Gasteiger partial charge in [0.2, 0.25) is 0 Å². The molecule has 0 heterocycles. The molecule has 2 N–H and O–H groups in total. The standard InChI is InChI=1S/Mg.H2O3S/c;1-4(2)3/h;(H2,1,2,3). The van der Waals surface area contributed by atoms with Crippen molar-refractivity contribution in [3.8, 4) is 0 Å². The van der Waals surface area contributed by atoms with Crippen molar-refractivity contribution in [1.82, 2.24) is 0 Å². The summed E-state index contributed by atoms with van der Waals surface area (Å²) in [7, 11) is -3.39. The van der Waals surface area contributed by atoms with E-state index in [1.54, 1.807) is 0 Å². The SMILES string of the molecule is O=[S](O)(O)=[Mg]. The van der Waals surface area contributed by atoms with Crippen LogP contribution in [0.25, 0.3) is 0 Å². The molecule has 0 spiro atoms. The van der Waals surface area contributed by atoms with Gasteiger partial charge in [0.15, 0.2) is 0 Å². The molecule has 0 aromatic heterocycles. The molecule has 0 unspecified atom stereocenters. The Hall–Kier alpha value is 0.836. The number of hydrogen-bond acceptors (Lipinski definition) is 1. The Morgan fingerprint density at radius 3 is 1.60 bits per heavy atom. The normalized spacial score (nSPS) is 12.0. The molecule has 0 atom stereocenters. The van der Waals surface area contributed by atoms with Crippen LogP contribution in [0, 0.1) is 0 Å². The topological polar surface area (TPSA) is 57.5 Å². The Morgan fingerprint density at radius 1 is 1.60 bits per heavy atom. The molecule has 3 nitrogen and oxygen atoms in total. The van der Waals surface area contributed by atoms with Crippen LogP contribution in [-0.2, 0) is 7.32 Å². The van der Waals surface area contributed by atoms with E-state index in [9.17, 15) is 4.21 Å². The molecular formula is H2MgO3S. The summed E-state index contributed by atoms with van der Waals surface area (Å²) < 4.78 is 24.5. The van der Waals surface area contributed by atoms with E-state index in [-0.39, 0.29) is 0 Å². The summed E-state index contributed by atoms with van der Waals surface area (Å²) in [5.74, 6) is 0. The molecule has 0 radical (unpaired) electrons. The van der Waals surface area contributed by atoms with Gasteiger partial charge in [0, 0.05) is 0 Å². The van der Waals surface area contributed by atoms with Gasteiger partial charge in [0.1, 0.15) is 0 Å². The van der Waals surface area contributed by atoms with Crippen LogP contribution < -0.4 is 0 Å². The van der Waals surface area contributed by atoms with Gasteiger partial charge < -0.3 is 0 Å². The summed E-state index contributed by atoms with van der Waals surface area (Å²) >= 11 is 0.650. The molecule has 0 aromatic carbocycles. The molecule has 0 aliphatic heterocycles. The van der Waals surface area contributed by atoms with E-state index in [4.69, 9.17) is 9.11 Å². The summed E-state index contributed by atoms with van der Waals surface area (Å²) in [6.07, 6.45) is 0. The predicted octanol–water partition coefficient (Wildman–Crippen LogP) is -0.700. The second kappa shape index (κ2) is 1.52. The van der Waals surface area contributed by atoms with Crippen LogP contribution in [0.15, 0.2) is 0 Å². The molecule has 5 heteroatoms. The zero-order valence-electron chi connectivity index (χ0n) is 2.42. The summed E-state index contributed by atoms with van der Waals surface area (Å²) in [5.41, 5.74) is 0. The van der Waals surface area contributed by atoms with Gasteiger partial charge in [-0.05, 0) is 0 Å². The summed E-state index contributed by atoms with van der Waals surface area (Å²) in [5, 5.41) is 0. The van der Waals surface area contributed by atoms with E-state index in [1.165, 1.54) is 0 Å². The van der Waals surface area contributed by atoms with Gasteiger partial charge in [-0.3, -0.25) is 0 Å². The van der Waals surface area contributed by atoms with Crippen molar-refractivity contribution >= 4 is 27.1 Å². The molecule has 5 heavy (non-hydrogen) atoms. The third kappa shape index (κ3) is 55.6. The van der Waals surface area contributed by atoms with Crippen molar-refractivity contribution < 1.29 is 13.3 Å². The Bertz CT molecular complexity index is 90.1. The van der Waals surface area contributed by atoms with Gasteiger partial charge in [-0.15, -0.1) is 0 Å². The van der Waals surface area contributed by atoms with Crippen molar-refractivity contribution in [2.75, 3.05) is 0 Å². The van der Waals surface area contributed by atoms with Gasteiger partial charge in [-0.1, -0.05) is 0 Å². The van der Waals surface area contributed by atoms with Crippen LogP contribution in [0.3, 0.4) is 0 Å². The van der Waals surface area contributed by atoms with Crippen molar-refractivity contribution in [1.29, 1.82) is 0 Å². The average molecular weight is 106 g/mol. The first kappa shape index (κ1) is 5.84. The Balaban J connectivity index is 4.06. The molecule has 0 saturated heterocycles. The average Bonchev–Trinajstić information content (AvgIpc) is 0.722. The van der Waals surface area contributed by atoms with Gasteiger partial charge >= 0.3 is 40.4 Å². The second-order valence-corrected chi connectivity index (χ2v) is 4.08. The molecule has 0 saturated carbocycles. The minimum absolute atomic E-state index is 0.650. The quantitative estimate of drug-likeness (QED) is 0.402. The van der Waals surface area contributed by atoms with E-state index >= 15 is 0 Å². The third-order valence-corrected chi connectivity index (χ3v) is 0. The summed E-state index contributed by atoms with van der Waals surface area (Å²) in [6, 6.07) is 0. The van der Waals surface area contributed by atoms with E-state index in [2.05, 4.69) is 0 Å². The molecule has 28 valence electrons. The maximum atomic E-state index is 9.31. The maximum absolute atomic E-state index is 9.31. The van der Waals surface area contributed by atoms with Crippen LogP contribution in [0.1, 0.15) is 0 Å². The van der Waals surface area contributed by atoms with E-state index in [0.717, 1.165) is 0 Å². The van der Waals surface area contributed by atoms with Crippen molar-refractivity contribution in [2.45, 2.75) is 0 Å². The molecule has 0 aliphatic carbocycles. The minimum atomic E-state index is -3.39. The second-order valence-electron chi connectivity index (χ2n) is 0.607. The van der Waals surface area contributed by atoms with Gasteiger partial charge in [-0.25, -0.2) is 0 Å². The Morgan fingerprint density at radius 2 is 1.60 bits per heavy atom. The van der Waals surface area contributed by atoms with Crippen LogP contribution in [0.2, 0.25) is 0 Å². The molecule has 0 aromatic rings. The van der Waals surface area contributed by atoms with Crippen molar-refractivity contribution in [3.05, 3.63) is 0 Å². The van der Waals surface area contributed by atoms with Crippen LogP contribution in [0.5, 0.6) is 0 Å². The fraction of sp³-hybridized carbons (Fsp3) is 0. The Labute approximate surface area is 40.7 Å². The zero-order valence-corrected chi connectivity index (χ0v) is 4.65. The first-order valence-electron chi connectivity index (χ1n) is 0.820. The molecule has 0 fully saturated rings. The van der Waals surface area contributed by atoms with Crippen molar-refractivity contribution in [3.63, 3.8) is 0 Å². The monoisotopic (exact) mass is 106 g/mol. The van der Waals surface area contributed by atoms with Gasteiger partial charge in [-0.2, -0.15) is 0 Å².